The minimum atomic E-state index is -0.679. The van der Waals surface area contributed by atoms with E-state index >= 15 is 0 Å². The van der Waals surface area contributed by atoms with Crippen LogP contribution < -0.4 is 4.90 Å². The molecule has 0 spiro atoms. The van der Waals surface area contributed by atoms with Gasteiger partial charge in [-0.3, -0.25) is 0 Å². The van der Waals surface area contributed by atoms with Crippen molar-refractivity contribution in [1.82, 2.24) is 14.6 Å². The molecule has 0 fully saturated rings. The fourth-order valence-corrected chi connectivity index (χ4v) is 2.23. The second-order valence-corrected chi connectivity index (χ2v) is 6.24. The lowest BCUT2D eigenvalue weighted by Crippen LogP contribution is -2.34. The van der Waals surface area contributed by atoms with Crippen molar-refractivity contribution in [3.63, 3.8) is 0 Å². The van der Waals surface area contributed by atoms with Crippen LogP contribution in [0.25, 0.3) is 5.65 Å². The number of fused-ring (bicyclic) bond motifs is 1. The van der Waals surface area contributed by atoms with Crippen LogP contribution in [-0.4, -0.2) is 26.3 Å². The maximum atomic E-state index is 13.6. The second-order valence-electron chi connectivity index (χ2n) is 6.24. The highest BCUT2D eigenvalue weighted by molar-refractivity contribution is 5.96. The van der Waals surface area contributed by atoms with Crippen LogP contribution in [0, 0.1) is 5.82 Å². The third-order valence-corrected chi connectivity index (χ3v) is 3.16. The topological polar surface area (TPSA) is 59.7 Å². The lowest BCUT2D eigenvalue weighted by atomic mass is 10.2. The van der Waals surface area contributed by atoms with Gasteiger partial charge in [0, 0.05) is 12.3 Å². The lowest BCUT2D eigenvalue weighted by Gasteiger charge is -2.27. The zero-order valence-corrected chi connectivity index (χ0v) is 13.6. The number of benzene rings is 1. The van der Waals surface area contributed by atoms with E-state index in [1.165, 1.54) is 29.4 Å². The summed E-state index contributed by atoms with van der Waals surface area (Å²) in [5.74, 6) is -0.440. The van der Waals surface area contributed by atoms with Gasteiger partial charge >= 0.3 is 6.09 Å². The molecule has 1 amide bonds. The number of halogens is 1. The van der Waals surface area contributed by atoms with Crippen LogP contribution in [0.1, 0.15) is 20.8 Å². The van der Waals surface area contributed by atoms with Gasteiger partial charge in [-0.1, -0.05) is 6.07 Å². The molecule has 3 rings (SSSR count). The molecule has 0 N–H and O–H groups in total. The first kappa shape index (κ1) is 15.9. The number of hydrogen-bond acceptors (Lipinski definition) is 4. The van der Waals surface area contributed by atoms with Gasteiger partial charge in [-0.2, -0.15) is 5.10 Å². The van der Waals surface area contributed by atoms with Crippen LogP contribution in [0.15, 0.2) is 48.9 Å². The molecule has 2 heterocycles. The Bertz CT molecular complexity index is 885. The van der Waals surface area contributed by atoms with Crippen molar-refractivity contribution >= 4 is 23.1 Å². The number of ether oxygens (including phenoxy) is 1. The summed E-state index contributed by atoms with van der Waals surface area (Å²) in [6.45, 7) is 5.32. The van der Waals surface area contributed by atoms with Crippen molar-refractivity contribution in [2.75, 3.05) is 4.90 Å². The van der Waals surface area contributed by atoms with Gasteiger partial charge in [-0.15, -0.1) is 0 Å². The van der Waals surface area contributed by atoms with Crippen LogP contribution in [0.2, 0.25) is 0 Å². The predicted molar refractivity (Wildman–Crippen MR) is 87.8 cm³/mol. The maximum Gasteiger partial charge on any atom is 0.419 e. The van der Waals surface area contributed by atoms with E-state index in [0.717, 1.165) is 0 Å². The molecule has 1 aromatic carbocycles. The number of carbonyl (C=O) groups excluding carboxylic acids is 1. The largest absolute Gasteiger partial charge is 0.443 e. The summed E-state index contributed by atoms with van der Waals surface area (Å²) in [6.07, 6.45) is 2.49. The van der Waals surface area contributed by atoms with Crippen molar-refractivity contribution in [2.45, 2.75) is 26.4 Å². The molecule has 0 saturated heterocycles. The number of pyridine rings is 1. The van der Waals surface area contributed by atoms with Crippen molar-refractivity contribution in [3.8, 4) is 0 Å². The van der Waals surface area contributed by atoms with E-state index in [2.05, 4.69) is 10.1 Å². The lowest BCUT2D eigenvalue weighted by molar-refractivity contribution is 0.0599. The van der Waals surface area contributed by atoms with E-state index in [4.69, 9.17) is 4.74 Å². The van der Waals surface area contributed by atoms with Crippen LogP contribution in [-0.2, 0) is 4.74 Å². The van der Waals surface area contributed by atoms with Gasteiger partial charge in [0.15, 0.2) is 5.65 Å². The Morgan fingerprint density at radius 1 is 1.21 bits per heavy atom. The van der Waals surface area contributed by atoms with Crippen LogP contribution in [0.5, 0.6) is 0 Å². The van der Waals surface area contributed by atoms with E-state index in [9.17, 15) is 9.18 Å². The normalized spacial score (nSPS) is 11.5. The van der Waals surface area contributed by atoms with Gasteiger partial charge in [0.2, 0.25) is 0 Å². The quantitative estimate of drug-likeness (QED) is 0.715. The molecule has 0 bridgehead atoms. The minimum Gasteiger partial charge on any atom is -0.443 e. The number of rotatable bonds is 2. The first-order chi connectivity index (χ1) is 11.3. The Morgan fingerprint density at radius 2 is 1.96 bits per heavy atom. The summed E-state index contributed by atoms with van der Waals surface area (Å²) in [4.78, 5) is 18.1. The summed E-state index contributed by atoms with van der Waals surface area (Å²) in [6, 6.07) is 9.15. The number of amides is 1. The Morgan fingerprint density at radius 3 is 2.67 bits per heavy atom. The standard InChI is InChI=1S/C17H17FN4O2/c1-17(2,3)24-16(23)22(13-6-4-5-12(18)9-13)14-7-8-21-15(10-14)19-11-20-21/h4-11H,1-3H3. The molecule has 24 heavy (non-hydrogen) atoms. The number of carbonyl (C=O) groups is 1. The van der Waals surface area contributed by atoms with Crippen molar-refractivity contribution in [1.29, 1.82) is 0 Å². The molecule has 0 saturated carbocycles. The number of hydrogen-bond donors (Lipinski definition) is 0. The van der Waals surface area contributed by atoms with Crippen molar-refractivity contribution < 1.29 is 13.9 Å². The van der Waals surface area contributed by atoms with E-state index < -0.39 is 17.5 Å². The molecule has 124 valence electrons. The van der Waals surface area contributed by atoms with Gasteiger partial charge < -0.3 is 4.74 Å². The van der Waals surface area contributed by atoms with Gasteiger partial charge in [0.25, 0.3) is 0 Å². The number of anilines is 2. The molecule has 0 radical (unpaired) electrons. The molecule has 7 heteroatoms. The van der Waals surface area contributed by atoms with E-state index in [0.29, 0.717) is 17.0 Å². The Labute approximate surface area is 138 Å². The average Bonchev–Trinajstić information content (AvgIpc) is 2.93. The van der Waals surface area contributed by atoms with Gasteiger partial charge in [0.05, 0.1) is 11.4 Å². The van der Waals surface area contributed by atoms with Gasteiger partial charge in [0.1, 0.15) is 17.7 Å². The molecule has 6 nitrogen and oxygen atoms in total. The summed E-state index contributed by atoms with van der Waals surface area (Å²) in [7, 11) is 0. The van der Waals surface area contributed by atoms with Crippen molar-refractivity contribution in [2.24, 2.45) is 0 Å². The molecular weight excluding hydrogens is 311 g/mol. The predicted octanol–water partition coefficient (Wildman–Crippen LogP) is 3.94. The minimum absolute atomic E-state index is 0.369. The third-order valence-electron chi connectivity index (χ3n) is 3.16. The summed E-state index contributed by atoms with van der Waals surface area (Å²) < 4.78 is 20.7. The molecular formula is C17H17FN4O2. The molecule has 2 aromatic heterocycles. The zero-order valence-electron chi connectivity index (χ0n) is 13.6. The van der Waals surface area contributed by atoms with E-state index in [1.807, 2.05) is 0 Å². The van der Waals surface area contributed by atoms with E-state index in [-0.39, 0.29) is 0 Å². The molecule has 0 unspecified atom stereocenters. The molecule has 0 aliphatic rings. The first-order valence-electron chi connectivity index (χ1n) is 7.41. The number of nitrogens with zero attached hydrogens (tertiary/aromatic N) is 4. The highest BCUT2D eigenvalue weighted by atomic mass is 19.1. The fraction of sp³-hybridized carbons (Fsp3) is 0.235. The smallest absolute Gasteiger partial charge is 0.419 e. The van der Waals surface area contributed by atoms with Crippen LogP contribution >= 0.6 is 0 Å². The Hall–Kier alpha value is -2.96. The van der Waals surface area contributed by atoms with Crippen molar-refractivity contribution in [3.05, 3.63) is 54.7 Å². The highest BCUT2D eigenvalue weighted by Gasteiger charge is 2.25. The molecule has 3 aromatic rings. The Balaban J connectivity index is 2.08. The Kier molecular flexibility index (Phi) is 3.92. The van der Waals surface area contributed by atoms with Crippen LogP contribution in [0.3, 0.4) is 0 Å². The average molecular weight is 328 g/mol. The number of aromatic nitrogens is 3. The monoisotopic (exact) mass is 328 g/mol. The molecule has 0 aliphatic heterocycles. The van der Waals surface area contributed by atoms with Crippen LogP contribution in [0.4, 0.5) is 20.6 Å². The molecule has 0 aliphatic carbocycles. The zero-order chi connectivity index (χ0) is 17.3. The first-order valence-corrected chi connectivity index (χ1v) is 7.41. The summed E-state index contributed by atoms with van der Waals surface area (Å²) >= 11 is 0. The van der Waals surface area contributed by atoms with Gasteiger partial charge in [-0.05, 0) is 45.0 Å². The second kappa shape index (κ2) is 5.92. The summed E-state index contributed by atoms with van der Waals surface area (Å²) in [5.41, 5.74) is 0.766. The highest BCUT2D eigenvalue weighted by Crippen LogP contribution is 2.28. The third kappa shape index (κ3) is 3.34. The summed E-state index contributed by atoms with van der Waals surface area (Å²) in [5, 5.41) is 4.02. The van der Waals surface area contributed by atoms with E-state index in [1.54, 1.807) is 49.7 Å². The van der Waals surface area contributed by atoms with Gasteiger partial charge in [-0.25, -0.2) is 23.6 Å². The fourth-order valence-electron chi connectivity index (χ4n) is 2.23. The SMILES string of the molecule is CC(C)(C)OC(=O)N(c1cccc(F)c1)c1ccn2ncnc2c1. The maximum absolute atomic E-state index is 13.6. The molecule has 0 atom stereocenters.